The summed E-state index contributed by atoms with van der Waals surface area (Å²) in [6.45, 7) is 11.9. The van der Waals surface area contributed by atoms with Gasteiger partial charge in [-0.05, 0) is 32.6 Å². The number of carbonyl (C=O) groups is 1. The Hall–Kier alpha value is -0.310. The summed E-state index contributed by atoms with van der Waals surface area (Å²) in [7, 11) is 0. The number of hydrogen-bond donors (Lipinski definition) is 0. The van der Waals surface area contributed by atoms with Gasteiger partial charge in [-0.3, -0.25) is 4.79 Å². The Labute approximate surface area is 107 Å². The van der Waals surface area contributed by atoms with E-state index in [4.69, 9.17) is 0 Å². The van der Waals surface area contributed by atoms with Crippen LogP contribution in [0.3, 0.4) is 0 Å². The summed E-state index contributed by atoms with van der Waals surface area (Å²) in [5, 5.41) is 0.417. The number of alkyl halides is 1. The first-order valence-corrected chi connectivity index (χ1v) is 6.89. The summed E-state index contributed by atoms with van der Waals surface area (Å²) < 4.78 is 0. The van der Waals surface area contributed by atoms with Gasteiger partial charge in [0, 0.05) is 23.9 Å². The minimum Gasteiger partial charge on any atom is -0.372 e. The normalized spacial score (nSPS) is 20.6. The summed E-state index contributed by atoms with van der Waals surface area (Å²) in [6, 6.07) is 0. The second-order valence-electron chi connectivity index (χ2n) is 6.10. The third kappa shape index (κ3) is 2.88. The van der Waals surface area contributed by atoms with Crippen LogP contribution >= 0.6 is 15.9 Å². The molecule has 0 bridgehead atoms. The van der Waals surface area contributed by atoms with Gasteiger partial charge in [0.1, 0.15) is 0 Å². The molecule has 0 aromatic heterocycles. The molecule has 1 heterocycles. The van der Waals surface area contributed by atoms with Gasteiger partial charge in [0.05, 0.1) is 5.33 Å². The number of hydrogen-bond acceptors (Lipinski definition) is 2. The SMILES string of the molecule is CC1(C)CCN(C(C)(C)C)C=C1C(=O)CBr. The first-order valence-electron chi connectivity index (χ1n) is 5.77. The largest absolute Gasteiger partial charge is 0.372 e. The average molecular weight is 288 g/mol. The summed E-state index contributed by atoms with van der Waals surface area (Å²) in [4.78, 5) is 14.2. The van der Waals surface area contributed by atoms with Crippen molar-refractivity contribution in [2.75, 3.05) is 11.9 Å². The van der Waals surface area contributed by atoms with Gasteiger partial charge in [-0.1, -0.05) is 29.8 Å². The fourth-order valence-electron chi connectivity index (χ4n) is 1.98. The van der Waals surface area contributed by atoms with Gasteiger partial charge < -0.3 is 4.90 Å². The third-order valence-corrected chi connectivity index (χ3v) is 3.78. The van der Waals surface area contributed by atoms with E-state index < -0.39 is 0 Å². The van der Waals surface area contributed by atoms with Crippen LogP contribution in [0, 0.1) is 5.41 Å². The smallest absolute Gasteiger partial charge is 0.171 e. The molecular formula is C13H22BrNO. The van der Waals surface area contributed by atoms with E-state index >= 15 is 0 Å². The predicted octanol–water partition coefficient (Wildman–Crippen LogP) is 3.36. The predicted molar refractivity (Wildman–Crippen MR) is 71.7 cm³/mol. The van der Waals surface area contributed by atoms with Crippen LogP contribution in [0.2, 0.25) is 0 Å². The molecule has 0 saturated carbocycles. The molecule has 2 nitrogen and oxygen atoms in total. The maximum atomic E-state index is 11.9. The van der Waals surface area contributed by atoms with E-state index in [9.17, 15) is 4.79 Å². The monoisotopic (exact) mass is 287 g/mol. The zero-order valence-electron chi connectivity index (χ0n) is 10.9. The Morgan fingerprint density at radius 3 is 2.50 bits per heavy atom. The molecule has 1 rings (SSSR count). The molecule has 0 atom stereocenters. The molecule has 92 valence electrons. The van der Waals surface area contributed by atoms with Crippen molar-refractivity contribution in [3.8, 4) is 0 Å². The standard InChI is InChI=1S/C13H22BrNO/c1-12(2,3)15-7-6-13(4,5)10(9-15)11(16)8-14/h9H,6-8H2,1-5H3. The van der Waals surface area contributed by atoms with Gasteiger partial charge in [0.15, 0.2) is 5.78 Å². The van der Waals surface area contributed by atoms with Gasteiger partial charge in [0.25, 0.3) is 0 Å². The van der Waals surface area contributed by atoms with Crippen LogP contribution in [0.1, 0.15) is 41.0 Å². The lowest BCUT2D eigenvalue weighted by Gasteiger charge is -2.43. The van der Waals surface area contributed by atoms with E-state index in [0.29, 0.717) is 5.33 Å². The highest BCUT2D eigenvalue weighted by atomic mass is 79.9. The number of allylic oxidation sites excluding steroid dienone is 1. The molecule has 16 heavy (non-hydrogen) atoms. The van der Waals surface area contributed by atoms with Gasteiger partial charge >= 0.3 is 0 Å². The van der Waals surface area contributed by atoms with E-state index in [0.717, 1.165) is 18.5 Å². The van der Waals surface area contributed by atoms with E-state index in [2.05, 4.69) is 61.6 Å². The molecule has 0 unspecified atom stereocenters. The molecule has 1 aliphatic heterocycles. The molecule has 0 aromatic rings. The molecule has 0 saturated heterocycles. The molecule has 0 spiro atoms. The van der Waals surface area contributed by atoms with Crippen LogP contribution in [0.15, 0.2) is 11.8 Å². The first kappa shape index (κ1) is 13.8. The van der Waals surface area contributed by atoms with Crippen LogP contribution in [-0.2, 0) is 4.79 Å². The third-order valence-electron chi connectivity index (χ3n) is 3.28. The highest BCUT2D eigenvalue weighted by molar-refractivity contribution is 9.09. The highest BCUT2D eigenvalue weighted by Gasteiger charge is 2.34. The molecule has 1 aliphatic rings. The van der Waals surface area contributed by atoms with E-state index in [1.807, 2.05) is 0 Å². The van der Waals surface area contributed by atoms with Crippen molar-refractivity contribution < 1.29 is 4.79 Å². The van der Waals surface area contributed by atoms with Crippen LogP contribution in [-0.4, -0.2) is 28.1 Å². The van der Waals surface area contributed by atoms with Gasteiger partial charge in [-0.2, -0.15) is 0 Å². The van der Waals surface area contributed by atoms with Gasteiger partial charge in [0.2, 0.25) is 0 Å². The van der Waals surface area contributed by atoms with Crippen molar-refractivity contribution in [2.45, 2.75) is 46.6 Å². The summed E-state index contributed by atoms with van der Waals surface area (Å²) in [5.74, 6) is 0.207. The number of Topliss-reactive ketones (excluding diaryl/α,β-unsaturated/α-hetero) is 1. The van der Waals surface area contributed by atoms with Crippen molar-refractivity contribution in [1.29, 1.82) is 0 Å². The van der Waals surface area contributed by atoms with Crippen LogP contribution in [0.25, 0.3) is 0 Å². The quantitative estimate of drug-likeness (QED) is 0.726. The minimum absolute atomic E-state index is 0.00655. The van der Waals surface area contributed by atoms with Crippen molar-refractivity contribution in [1.82, 2.24) is 4.90 Å². The average Bonchev–Trinajstić information content (AvgIpc) is 2.14. The second-order valence-corrected chi connectivity index (χ2v) is 6.66. The molecule has 3 heteroatoms. The molecule has 0 aliphatic carbocycles. The Bertz CT molecular complexity index is 312. The van der Waals surface area contributed by atoms with Crippen LogP contribution in [0.5, 0.6) is 0 Å². The second kappa shape index (κ2) is 4.52. The highest BCUT2D eigenvalue weighted by Crippen LogP contribution is 2.37. The maximum absolute atomic E-state index is 11.9. The van der Waals surface area contributed by atoms with E-state index in [-0.39, 0.29) is 16.7 Å². The lowest BCUT2D eigenvalue weighted by molar-refractivity contribution is -0.114. The molecule has 0 fully saturated rings. The Morgan fingerprint density at radius 2 is 2.06 bits per heavy atom. The Balaban J connectivity index is 3.05. The topological polar surface area (TPSA) is 20.3 Å². The van der Waals surface area contributed by atoms with Crippen molar-refractivity contribution in [3.05, 3.63) is 11.8 Å². The number of rotatable bonds is 2. The molecule has 0 amide bonds. The minimum atomic E-state index is 0.00655. The molecular weight excluding hydrogens is 266 g/mol. The lowest BCUT2D eigenvalue weighted by Crippen LogP contribution is -2.44. The van der Waals surface area contributed by atoms with Crippen molar-refractivity contribution in [3.63, 3.8) is 0 Å². The first-order chi connectivity index (χ1) is 7.18. The maximum Gasteiger partial charge on any atom is 0.171 e. The number of ketones is 1. The fraction of sp³-hybridized carbons (Fsp3) is 0.769. The van der Waals surface area contributed by atoms with E-state index in [1.165, 1.54) is 0 Å². The zero-order chi connectivity index (χ0) is 12.6. The Morgan fingerprint density at radius 1 is 1.50 bits per heavy atom. The molecule has 0 N–H and O–H groups in total. The summed E-state index contributed by atoms with van der Waals surface area (Å²) in [6.07, 6.45) is 3.10. The molecule has 0 radical (unpaired) electrons. The number of carbonyl (C=O) groups excluding carboxylic acids is 1. The lowest BCUT2D eigenvalue weighted by atomic mass is 9.77. The summed E-state index contributed by atoms with van der Waals surface area (Å²) >= 11 is 3.26. The van der Waals surface area contributed by atoms with Crippen LogP contribution in [0.4, 0.5) is 0 Å². The Kier molecular flexibility index (Phi) is 3.88. The number of halogens is 1. The zero-order valence-corrected chi connectivity index (χ0v) is 12.5. The fourth-order valence-corrected chi connectivity index (χ4v) is 2.28. The van der Waals surface area contributed by atoms with Gasteiger partial charge in [-0.25, -0.2) is 0 Å². The summed E-state index contributed by atoms with van der Waals surface area (Å²) in [5.41, 5.74) is 1.05. The number of nitrogens with zero attached hydrogens (tertiary/aromatic N) is 1. The van der Waals surface area contributed by atoms with Crippen molar-refractivity contribution in [2.24, 2.45) is 5.41 Å². The van der Waals surface area contributed by atoms with Crippen LogP contribution < -0.4 is 0 Å². The van der Waals surface area contributed by atoms with Crippen molar-refractivity contribution >= 4 is 21.7 Å². The molecule has 0 aromatic carbocycles. The van der Waals surface area contributed by atoms with Gasteiger partial charge in [-0.15, -0.1) is 0 Å². The van der Waals surface area contributed by atoms with E-state index in [1.54, 1.807) is 0 Å².